The second-order valence-electron chi connectivity index (χ2n) is 5.06. The van der Waals surface area contributed by atoms with Gasteiger partial charge in [0.2, 0.25) is 11.8 Å². The van der Waals surface area contributed by atoms with E-state index in [4.69, 9.17) is 5.73 Å². The molecule has 0 aliphatic heterocycles. The number of hydrogen-bond acceptors (Lipinski definition) is 2. The molecule has 1 saturated carbocycles. The van der Waals surface area contributed by atoms with Crippen LogP contribution in [-0.4, -0.2) is 18.9 Å². The van der Waals surface area contributed by atoms with Crippen LogP contribution < -0.4 is 11.1 Å². The second kappa shape index (κ2) is 4.44. The monoisotopic (exact) mass is 246 g/mol. The molecule has 1 aliphatic carbocycles. The Hall–Kier alpha value is -1.84. The Balaban J connectivity index is 2.25. The molecule has 0 heterocycles. The number of hydrogen-bond donors (Lipinski definition) is 2. The lowest BCUT2D eigenvalue weighted by molar-refractivity contribution is -0.130. The van der Waals surface area contributed by atoms with Crippen LogP contribution >= 0.6 is 0 Å². The average molecular weight is 246 g/mol. The highest BCUT2D eigenvalue weighted by Crippen LogP contribution is 2.48. The molecule has 1 aromatic rings. The van der Waals surface area contributed by atoms with Crippen molar-refractivity contribution in [1.29, 1.82) is 0 Å². The molecule has 2 atom stereocenters. The predicted molar refractivity (Wildman–Crippen MR) is 69.1 cm³/mol. The number of amides is 2. The first-order valence-corrected chi connectivity index (χ1v) is 6.11. The number of nitrogens with two attached hydrogens (primary N) is 1. The van der Waals surface area contributed by atoms with E-state index in [0.29, 0.717) is 5.56 Å². The molecule has 4 nitrogen and oxygen atoms in total. The number of nitrogens with one attached hydrogen (secondary N) is 1. The Morgan fingerprint density at radius 2 is 1.94 bits per heavy atom. The normalized spacial score (nSPS) is 26.2. The molecule has 1 fully saturated rings. The van der Waals surface area contributed by atoms with Gasteiger partial charge in [0, 0.05) is 23.9 Å². The van der Waals surface area contributed by atoms with Crippen molar-refractivity contribution in [2.24, 2.45) is 11.7 Å². The Labute approximate surface area is 107 Å². The molecule has 2 amide bonds. The molecule has 2 unspecified atom stereocenters. The topological polar surface area (TPSA) is 72.2 Å². The molecule has 3 N–H and O–H groups in total. The van der Waals surface area contributed by atoms with Gasteiger partial charge >= 0.3 is 0 Å². The van der Waals surface area contributed by atoms with E-state index in [1.165, 1.54) is 0 Å². The number of benzene rings is 1. The molecule has 96 valence electrons. The van der Waals surface area contributed by atoms with Crippen LogP contribution in [0.3, 0.4) is 0 Å². The van der Waals surface area contributed by atoms with Crippen molar-refractivity contribution in [1.82, 2.24) is 5.32 Å². The Morgan fingerprint density at radius 3 is 2.33 bits per heavy atom. The zero-order valence-electron chi connectivity index (χ0n) is 10.7. The standard InChI is InChI=1S/C14H18N2O2/c1-14(8-7-11(14)13(18)16-2)10-5-3-9(4-6-10)12(15)17/h3-6,11H,7-8H2,1-2H3,(H2,15,17)(H,16,18). The molecular formula is C14H18N2O2. The SMILES string of the molecule is CNC(=O)C1CCC1(C)c1ccc(C(N)=O)cc1. The first-order valence-electron chi connectivity index (χ1n) is 6.11. The zero-order chi connectivity index (χ0) is 13.3. The van der Waals surface area contributed by atoms with Gasteiger partial charge in [-0.25, -0.2) is 0 Å². The van der Waals surface area contributed by atoms with Gasteiger partial charge in [-0.2, -0.15) is 0 Å². The lowest BCUT2D eigenvalue weighted by Gasteiger charge is -2.46. The van der Waals surface area contributed by atoms with Gasteiger partial charge < -0.3 is 11.1 Å². The fourth-order valence-corrected chi connectivity index (χ4v) is 2.68. The van der Waals surface area contributed by atoms with Crippen LogP contribution in [0.5, 0.6) is 0 Å². The third-order valence-corrected chi connectivity index (χ3v) is 4.11. The van der Waals surface area contributed by atoms with E-state index in [9.17, 15) is 9.59 Å². The second-order valence-corrected chi connectivity index (χ2v) is 5.06. The summed E-state index contributed by atoms with van der Waals surface area (Å²) in [7, 11) is 1.66. The number of rotatable bonds is 3. The maximum Gasteiger partial charge on any atom is 0.248 e. The highest BCUT2D eigenvalue weighted by Gasteiger charge is 2.47. The molecule has 0 saturated heterocycles. The Morgan fingerprint density at radius 1 is 1.33 bits per heavy atom. The van der Waals surface area contributed by atoms with Crippen molar-refractivity contribution in [2.75, 3.05) is 7.05 Å². The van der Waals surface area contributed by atoms with Crippen molar-refractivity contribution in [2.45, 2.75) is 25.2 Å². The van der Waals surface area contributed by atoms with Gasteiger partial charge in [0.05, 0.1) is 0 Å². The van der Waals surface area contributed by atoms with Gasteiger partial charge in [0.15, 0.2) is 0 Å². The van der Waals surface area contributed by atoms with Gasteiger partial charge in [0.1, 0.15) is 0 Å². The Kier molecular flexibility index (Phi) is 3.11. The van der Waals surface area contributed by atoms with Gasteiger partial charge in [0.25, 0.3) is 0 Å². The third kappa shape index (κ3) is 1.88. The molecule has 2 rings (SSSR count). The lowest BCUT2D eigenvalue weighted by atomic mass is 9.57. The summed E-state index contributed by atoms with van der Waals surface area (Å²) in [6.45, 7) is 2.09. The summed E-state index contributed by atoms with van der Waals surface area (Å²) in [6, 6.07) is 7.24. The highest BCUT2D eigenvalue weighted by atomic mass is 16.2. The lowest BCUT2D eigenvalue weighted by Crippen LogP contribution is -2.49. The van der Waals surface area contributed by atoms with Crippen LogP contribution in [0.25, 0.3) is 0 Å². The highest BCUT2D eigenvalue weighted by molar-refractivity contribution is 5.92. The first kappa shape index (κ1) is 12.6. The van der Waals surface area contributed by atoms with E-state index in [2.05, 4.69) is 12.2 Å². The van der Waals surface area contributed by atoms with Crippen molar-refractivity contribution in [3.05, 3.63) is 35.4 Å². The fraction of sp³-hybridized carbons (Fsp3) is 0.429. The summed E-state index contributed by atoms with van der Waals surface area (Å²) >= 11 is 0. The van der Waals surface area contributed by atoms with Crippen molar-refractivity contribution in [3.63, 3.8) is 0 Å². The molecule has 1 aromatic carbocycles. The van der Waals surface area contributed by atoms with Crippen LogP contribution in [0.15, 0.2) is 24.3 Å². The molecule has 0 spiro atoms. The summed E-state index contributed by atoms with van der Waals surface area (Å²) in [4.78, 5) is 22.8. The predicted octanol–water partition coefficient (Wildman–Crippen LogP) is 1.20. The van der Waals surface area contributed by atoms with E-state index >= 15 is 0 Å². The van der Waals surface area contributed by atoms with Crippen LogP contribution in [0.1, 0.15) is 35.7 Å². The molecule has 4 heteroatoms. The molecule has 0 bridgehead atoms. The van der Waals surface area contributed by atoms with Gasteiger partial charge in [-0.1, -0.05) is 19.1 Å². The maximum absolute atomic E-state index is 11.8. The summed E-state index contributed by atoms with van der Waals surface area (Å²) < 4.78 is 0. The van der Waals surface area contributed by atoms with Gasteiger partial charge in [-0.15, -0.1) is 0 Å². The average Bonchev–Trinajstić information content (AvgIpc) is 2.36. The third-order valence-electron chi connectivity index (χ3n) is 4.11. The van der Waals surface area contributed by atoms with E-state index in [1.54, 1.807) is 19.2 Å². The van der Waals surface area contributed by atoms with E-state index in [0.717, 1.165) is 18.4 Å². The first-order chi connectivity index (χ1) is 8.49. The zero-order valence-corrected chi connectivity index (χ0v) is 10.7. The smallest absolute Gasteiger partial charge is 0.248 e. The number of primary amides is 1. The van der Waals surface area contributed by atoms with Crippen LogP contribution in [-0.2, 0) is 10.2 Å². The minimum atomic E-state index is -0.428. The van der Waals surface area contributed by atoms with E-state index < -0.39 is 5.91 Å². The molecular weight excluding hydrogens is 228 g/mol. The van der Waals surface area contributed by atoms with E-state index in [1.807, 2.05) is 12.1 Å². The fourth-order valence-electron chi connectivity index (χ4n) is 2.68. The maximum atomic E-state index is 11.8. The van der Waals surface area contributed by atoms with Crippen LogP contribution in [0.2, 0.25) is 0 Å². The summed E-state index contributed by atoms with van der Waals surface area (Å²) in [5.41, 5.74) is 6.67. The Bertz CT molecular complexity index is 481. The molecule has 0 aromatic heterocycles. The number of carbonyl (C=O) groups is 2. The number of carbonyl (C=O) groups excluding carboxylic acids is 2. The van der Waals surface area contributed by atoms with Gasteiger partial charge in [-0.3, -0.25) is 9.59 Å². The van der Waals surface area contributed by atoms with E-state index in [-0.39, 0.29) is 17.2 Å². The largest absolute Gasteiger partial charge is 0.366 e. The van der Waals surface area contributed by atoms with Crippen molar-refractivity contribution >= 4 is 11.8 Å². The minimum absolute atomic E-state index is 0.0157. The summed E-state index contributed by atoms with van der Waals surface area (Å²) in [6.07, 6.45) is 1.90. The molecule has 0 radical (unpaired) electrons. The van der Waals surface area contributed by atoms with Gasteiger partial charge in [-0.05, 0) is 30.5 Å². The summed E-state index contributed by atoms with van der Waals surface area (Å²) in [5.74, 6) is -0.326. The van der Waals surface area contributed by atoms with Crippen LogP contribution in [0.4, 0.5) is 0 Å². The summed E-state index contributed by atoms with van der Waals surface area (Å²) in [5, 5.41) is 2.71. The van der Waals surface area contributed by atoms with Crippen LogP contribution in [0, 0.1) is 5.92 Å². The van der Waals surface area contributed by atoms with Crippen molar-refractivity contribution in [3.8, 4) is 0 Å². The minimum Gasteiger partial charge on any atom is -0.366 e. The molecule has 18 heavy (non-hydrogen) atoms. The quantitative estimate of drug-likeness (QED) is 0.841. The molecule has 1 aliphatic rings. The van der Waals surface area contributed by atoms with Crippen molar-refractivity contribution < 1.29 is 9.59 Å².